The first-order chi connectivity index (χ1) is 13.0. The van der Waals surface area contributed by atoms with Crippen LogP contribution in [0.15, 0.2) is 48.5 Å². The van der Waals surface area contributed by atoms with E-state index >= 15 is 0 Å². The molecule has 1 fully saturated rings. The average Bonchev–Trinajstić information content (AvgIpc) is 2.94. The Morgan fingerprint density at radius 2 is 1.78 bits per heavy atom. The van der Waals surface area contributed by atoms with Crippen LogP contribution in [0.3, 0.4) is 0 Å². The van der Waals surface area contributed by atoms with Gasteiger partial charge < -0.3 is 25.6 Å². The van der Waals surface area contributed by atoms with Crippen molar-refractivity contribution in [2.75, 3.05) is 11.9 Å². The van der Waals surface area contributed by atoms with Crippen LogP contribution in [0.2, 0.25) is 10.0 Å². The van der Waals surface area contributed by atoms with Gasteiger partial charge in [0.25, 0.3) is 5.91 Å². The summed E-state index contributed by atoms with van der Waals surface area (Å²) < 4.78 is 5.58. The molecule has 4 atom stereocenters. The molecule has 1 heterocycles. The zero-order valence-electron chi connectivity index (χ0n) is 14.3. The highest BCUT2D eigenvalue weighted by molar-refractivity contribution is 6.42. The fourth-order valence-corrected chi connectivity index (χ4v) is 3.20. The van der Waals surface area contributed by atoms with Crippen molar-refractivity contribution < 1.29 is 19.7 Å². The van der Waals surface area contributed by atoms with Gasteiger partial charge >= 0.3 is 0 Å². The van der Waals surface area contributed by atoms with Gasteiger partial charge in [0.15, 0.2) is 6.10 Å². The van der Waals surface area contributed by atoms with E-state index < -0.39 is 30.3 Å². The van der Waals surface area contributed by atoms with Crippen molar-refractivity contribution in [1.29, 1.82) is 0 Å². The number of hydrogen-bond donors (Lipinski definition) is 4. The predicted octanol–water partition coefficient (Wildman–Crippen LogP) is 2.21. The first-order valence-corrected chi connectivity index (χ1v) is 9.23. The smallest absolute Gasteiger partial charge is 0.256 e. The number of aliphatic hydroxyl groups is 2. The van der Waals surface area contributed by atoms with Gasteiger partial charge in [-0.25, -0.2) is 0 Å². The maximum atomic E-state index is 12.3. The lowest BCUT2D eigenvalue weighted by Crippen LogP contribution is -2.40. The first kappa shape index (κ1) is 20.1. The molecule has 1 amide bonds. The molecule has 2 aromatic carbocycles. The Kier molecular flexibility index (Phi) is 6.70. The zero-order valence-corrected chi connectivity index (χ0v) is 15.8. The SMILES string of the molecule is O=C(Nc1ccccc1)[C@H]1O[C@H](CNCc2ccc(Cl)c(Cl)c2)[C@@H](O)[C@@H]1O. The van der Waals surface area contributed by atoms with E-state index in [1.165, 1.54) is 0 Å². The molecule has 1 aliphatic rings. The number of rotatable bonds is 6. The number of ether oxygens (including phenoxy) is 1. The van der Waals surface area contributed by atoms with E-state index in [0.29, 0.717) is 22.3 Å². The Morgan fingerprint density at radius 1 is 1.04 bits per heavy atom. The van der Waals surface area contributed by atoms with Gasteiger partial charge in [0, 0.05) is 18.8 Å². The van der Waals surface area contributed by atoms with Gasteiger partial charge in [-0.05, 0) is 29.8 Å². The molecular weight excluding hydrogens is 391 g/mol. The van der Waals surface area contributed by atoms with Crippen molar-refractivity contribution in [2.24, 2.45) is 0 Å². The molecule has 0 radical (unpaired) electrons. The standard InChI is InChI=1S/C19H20Cl2N2O4/c20-13-7-6-11(8-14(13)21)9-22-10-15-16(24)17(25)18(27-15)19(26)23-12-4-2-1-3-5-12/h1-8,15-18,22,24-25H,9-10H2,(H,23,26)/t15-,16-,17+,18+/m1/s1. The van der Waals surface area contributed by atoms with Gasteiger partial charge in [0.05, 0.1) is 16.1 Å². The highest BCUT2D eigenvalue weighted by Crippen LogP contribution is 2.24. The topological polar surface area (TPSA) is 90.8 Å². The highest BCUT2D eigenvalue weighted by Gasteiger charge is 2.46. The summed E-state index contributed by atoms with van der Waals surface area (Å²) in [5.74, 6) is -0.500. The fraction of sp³-hybridized carbons (Fsp3) is 0.316. The van der Waals surface area contributed by atoms with Crippen molar-refractivity contribution in [3.63, 3.8) is 0 Å². The Bertz CT molecular complexity index is 791. The lowest BCUT2D eigenvalue weighted by atomic mass is 10.1. The molecule has 3 rings (SSSR count). The lowest BCUT2D eigenvalue weighted by Gasteiger charge is -2.15. The van der Waals surface area contributed by atoms with E-state index in [0.717, 1.165) is 5.56 Å². The summed E-state index contributed by atoms with van der Waals surface area (Å²) in [5, 5.41) is 27.1. The number of hydrogen-bond acceptors (Lipinski definition) is 5. The molecule has 0 spiro atoms. The van der Waals surface area contributed by atoms with Crippen molar-refractivity contribution in [3.8, 4) is 0 Å². The number of nitrogens with one attached hydrogen (secondary N) is 2. The Balaban J connectivity index is 1.53. The van der Waals surface area contributed by atoms with Crippen LogP contribution in [0.4, 0.5) is 5.69 Å². The summed E-state index contributed by atoms with van der Waals surface area (Å²) in [4.78, 5) is 12.3. The van der Waals surface area contributed by atoms with Gasteiger partial charge in [-0.1, -0.05) is 47.5 Å². The quantitative estimate of drug-likeness (QED) is 0.585. The largest absolute Gasteiger partial charge is 0.388 e. The monoisotopic (exact) mass is 410 g/mol. The van der Waals surface area contributed by atoms with Crippen molar-refractivity contribution in [1.82, 2.24) is 5.32 Å². The maximum absolute atomic E-state index is 12.3. The molecule has 0 bridgehead atoms. The minimum absolute atomic E-state index is 0.258. The van der Waals surface area contributed by atoms with Crippen molar-refractivity contribution in [3.05, 3.63) is 64.1 Å². The van der Waals surface area contributed by atoms with E-state index in [1.54, 1.807) is 36.4 Å². The summed E-state index contributed by atoms with van der Waals surface area (Å²) in [6.07, 6.45) is -4.32. The third-order valence-electron chi connectivity index (χ3n) is 4.32. The van der Waals surface area contributed by atoms with E-state index in [4.69, 9.17) is 27.9 Å². The summed E-state index contributed by atoms with van der Waals surface area (Å²) in [7, 11) is 0. The van der Waals surface area contributed by atoms with Gasteiger partial charge in [0.2, 0.25) is 0 Å². The lowest BCUT2D eigenvalue weighted by molar-refractivity contribution is -0.130. The number of halogens is 2. The van der Waals surface area contributed by atoms with Crippen molar-refractivity contribution >= 4 is 34.8 Å². The summed E-state index contributed by atoms with van der Waals surface area (Å²) in [5.41, 5.74) is 1.50. The molecule has 27 heavy (non-hydrogen) atoms. The Morgan fingerprint density at radius 3 is 2.48 bits per heavy atom. The van der Waals surface area contributed by atoms with E-state index in [9.17, 15) is 15.0 Å². The number of anilines is 1. The number of amides is 1. The molecule has 4 N–H and O–H groups in total. The molecular formula is C19H20Cl2N2O4. The Labute approximate surface area is 167 Å². The summed E-state index contributed by atoms with van der Waals surface area (Å²) in [6, 6.07) is 14.1. The molecule has 1 aliphatic heterocycles. The highest BCUT2D eigenvalue weighted by atomic mass is 35.5. The molecule has 1 saturated heterocycles. The van der Waals surface area contributed by atoms with Gasteiger partial charge in [0.1, 0.15) is 12.2 Å². The molecule has 0 aromatic heterocycles. The molecule has 6 nitrogen and oxygen atoms in total. The van der Waals surface area contributed by atoms with Gasteiger partial charge in [-0.3, -0.25) is 4.79 Å². The van der Waals surface area contributed by atoms with Crippen molar-refractivity contribution in [2.45, 2.75) is 31.0 Å². The van der Waals surface area contributed by atoms with Crippen LogP contribution in [0.5, 0.6) is 0 Å². The molecule has 0 aliphatic carbocycles. The molecule has 144 valence electrons. The van der Waals surface area contributed by atoms with Crippen LogP contribution in [0.25, 0.3) is 0 Å². The average molecular weight is 411 g/mol. The van der Waals surface area contributed by atoms with E-state index in [2.05, 4.69) is 10.6 Å². The van der Waals surface area contributed by atoms with Crippen LogP contribution >= 0.6 is 23.2 Å². The van der Waals surface area contributed by atoms with Crippen LogP contribution < -0.4 is 10.6 Å². The van der Waals surface area contributed by atoms with Crippen LogP contribution in [-0.2, 0) is 16.1 Å². The Hall–Kier alpha value is -1.67. The maximum Gasteiger partial charge on any atom is 0.256 e. The molecule has 8 heteroatoms. The number of carbonyl (C=O) groups excluding carboxylic acids is 1. The van der Waals surface area contributed by atoms with Crippen LogP contribution in [0, 0.1) is 0 Å². The summed E-state index contributed by atoms with van der Waals surface area (Å²) >= 11 is 11.9. The number of para-hydroxylation sites is 1. The normalized spacial score (nSPS) is 24.7. The molecule has 0 saturated carbocycles. The van der Waals surface area contributed by atoms with Gasteiger partial charge in [-0.15, -0.1) is 0 Å². The minimum Gasteiger partial charge on any atom is -0.388 e. The third-order valence-corrected chi connectivity index (χ3v) is 5.06. The molecule has 0 unspecified atom stereocenters. The second kappa shape index (κ2) is 9.01. The number of benzene rings is 2. The van der Waals surface area contributed by atoms with E-state index in [1.807, 2.05) is 12.1 Å². The second-order valence-corrected chi connectivity index (χ2v) is 7.13. The number of carbonyl (C=O) groups is 1. The molecule has 2 aromatic rings. The second-order valence-electron chi connectivity index (χ2n) is 6.31. The number of aliphatic hydroxyl groups excluding tert-OH is 2. The first-order valence-electron chi connectivity index (χ1n) is 8.48. The third kappa shape index (κ3) is 4.99. The fourth-order valence-electron chi connectivity index (χ4n) is 2.88. The minimum atomic E-state index is -1.30. The van der Waals surface area contributed by atoms with Crippen LogP contribution in [0.1, 0.15) is 5.56 Å². The van der Waals surface area contributed by atoms with Gasteiger partial charge in [-0.2, -0.15) is 0 Å². The zero-order chi connectivity index (χ0) is 19.4. The van der Waals surface area contributed by atoms with Crippen LogP contribution in [-0.4, -0.2) is 47.1 Å². The predicted molar refractivity (Wildman–Crippen MR) is 104 cm³/mol. The van der Waals surface area contributed by atoms with E-state index in [-0.39, 0.29) is 6.54 Å². The summed E-state index contributed by atoms with van der Waals surface area (Å²) in [6.45, 7) is 0.730.